The third kappa shape index (κ3) is 51.4. The van der Waals surface area contributed by atoms with Crippen molar-refractivity contribution in [1.82, 2.24) is 0 Å². The first-order valence-electron chi connectivity index (χ1n) is 28.5. The molecule has 0 fully saturated rings. The summed E-state index contributed by atoms with van der Waals surface area (Å²) in [5.41, 5.74) is 0. The topological polar surface area (TPSA) is 111 Å². The predicted molar refractivity (Wildman–Crippen MR) is 279 cm³/mol. The summed E-state index contributed by atoms with van der Waals surface area (Å²) in [6, 6.07) is 0. The van der Waals surface area contributed by atoms with Gasteiger partial charge in [0.05, 0.1) is 40.3 Å². The third-order valence-electron chi connectivity index (χ3n) is 12.7. The maximum absolute atomic E-state index is 12.8. The second kappa shape index (κ2) is 50.2. The fraction of sp³-hybridized carbons (Fsp3) is 0.879. The highest BCUT2D eigenvalue weighted by Crippen LogP contribution is 2.17. The number of rotatable bonds is 53. The SMILES string of the molecule is CCCCC/C=C\C/C=C\CCCCCCCCCCCC(=O)OC(COC(=O)CCCCCCCCCCCCCCCCCCCCCCCCC)COC(OCC[N+](C)(C)C)C(=O)[O-]. The van der Waals surface area contributed by atoms with E-state index in [1.807, 2.05) is 21.1 Å². The fourth-order valence-corrected chi connectivity index (χ4v) is 8.27. The molecule has 0 radical (unpaired) electrons. The number of unbranched alkanes of at least 4 members (excludes halogenated alkanes) is 34. The van der Waals surface area contributed by atoms with E-state index in [0.717, 1.165) is 51.4 Å². The molecule has 0 saturated heterocycles. The van der Waals surface area contributed by atoms with Crippen LogP contribution in [0.1, 0.15) is 271 Å². The van der Waals surface area contributed by atoms with Crippen LogP contribution in [0.25, 0.3) is 0 Å². The zero-order valence-electron chi connectivity index (χ0n) is 44.8. The standard InChI is InChI=1S/C58H109NO8/c1-6-8-10-12-14-16-18-20-22-24-26-27-28-29-31-32-34-36-38-40-42-44-46-48-55(60)65-52-54(53-66-58(57(62)63)64-51-50-59(3,4)5)67-56(61)49-47-45-43-41-39-37-35-33-30-25-23-21-19-17-15-13-11-9-7-2/h15,17,21,23,54,58H,6-14,16,18-20,22,24-53H2,1-5H3/b17-15-,23-21-. The monoisotopic (exact) mass is 948 g/mol. The Morgan fingerprint density at radius 1 is 0.448 bits per heavy atom. The van der Waals surface area contributed by atoms with Gasteiger partial charge in [-0.15, -0.1) is 0 Å². The van der Waals surface area contributed by atoms with Crippen molar-refractivity contribution in [2.45, 2.75) is 283 Å². The van der Waals surface area contributed by atoms with E-state index in [4.69, 9.17) is 18.9 Å². The van der Waals surface area contributed by atoms with Crippen LogP contribution >= 0.6 is 0 Å². The van der Waals surface area contributed by atoms with E-state index in [-0.39, 0.29) is 32.2 Å². The number of hydrogen-bond acceptors (Lipinski definition) is 8. The summed E-state index contributed by atoms with van der Waals surface area (Å²) in [5, 5.41) is 11.8. The van der Waals surface area contributed by atoms with Gasteiger partial charge in [-0.25, -0.2) is 0 Å². The molecule has 0 bridgehead atoms. The van der Waals surface area contributed by atoms with Gasteiger partial charge < -0.3 is 33.3 Å². The molecule has 0 aromatic rings. The lowest BCUT2D eigenvalue weighted by Crippen LogP contribution is -2.44. The molecule has 67 heavy (non-hydrogen) atoms. The molecule has 0 spiro atoms. The van der Waals surface area contributed by atoms with Crippen molar-refractivity contribution in [2.75, 3.05) is 47.5 Å². The van der Waals surface area contributed by atoms with Crippen molar-refractivity contribution in [3.63, 3.8) is 0 Å². The largest absolute Gasteiger partial charge is 0.545 e. The molecule has 0 saturated carbocycles. The number of nitrogens with zero attached hydrogens (tertiary/aromatic N) is 1. The van der Waals surface area contributed by atoms with E-state index in [2.05, 4.69) is 38.2 Å². The Hall–Kier alpha value is -2.23. The van der Waals surface area contributed by atoms with Crippen LogP contribution in [0.15, 0.2) is 24.3 Å². The van der Waals surface area contributed by atoms with E-state index < -0.39 is 24.3 Å². The molecule has 0 aromatic carbocycles. The van der Waals surface area contributed by atoms with Crippen molar-refractivity contribution in [3.8, 4) is 0 Å². The maximum atomic E-state index is 12.8. The van der Waals surface area contributed by atoms with Gasteiger partial charge in [0.15, 0.2) is 12.4 Å². The Bertz CT molecular complexity index is 1150. The average molecular weight is 949 g/mol. The molecule has 2 atom stereocenters. The van der Waals surface area contributed by atoms with E-state index in [1.54, 1.807) is 0 Å². The van der Waals surface area contributed by atoms with Gasteiger partial charge in [-0.2, -0.15) is 0 Å². The highest BCUT2D eigenvalue weighted by molar-refractivity contribution is 5.70. The molecule has 0 aliphatic carbocycles. The van der Waals surface area contributed by atoms with Crippen molar-refractivity contribution in [3.05, 3.63) is 24.3 Å². The van der Waals surface area contributed by atoms with Gasteiger partial charge in [0.2, 0.25) is 0 Å². The second-order valence-corrected chi connectivity index (χ2v) is 20.6. The molecule has 0 heterocycles. The van der Waals surface area contributed by atoms with Crippen LogP contribution in [0.2, 0.25) is 0 Å². The number of esters is 2. The maximum Gasteiger partial charge on any atom is 0.306 e. The smallest absolute Gasteiger partial charge is 0.306 e. The van der Waals surface area contributed by atoms with E-state index in [0.29, 0.717) is 23.9 Å². The Morgan fingerprint density at radius 2 is 0.806 bits per heavy atom. The Labute approximate surface area is 414 Å². The summed E-state index contributed by atoms with van der Waals surface area (Å²) in [6.07, 6.45) is 55.0. The summed E-state index contributed by atoms with van der Waals surface area (Å²) in [6.45, 7) is 4.76. The highest BCUT2D eigenvalue weighted by atomic mass is 16.7. The minimum atomic E-state index is -1.62. The van der Waals surface area contributed by atoms with Gasteiger partial charge in [0.25, 0.3) is 0 Å². The Balaban J connectivity index is 4.22. The van der Waals surface area contributed by atoms with Crippen LogP contribution in [-0.2, 0) is 33.3 Å². The van der Waals surface area contributed by atoms with E-state index in [9.17, 15) is 19.5 Å². The number of carbonyl (C=O) groups is 3. The molecule has 0 rings (SSSR count). The van der Waals surface area contributed by atoms with Crippen LogP contribution in [0.5, 0.6) is 0 Å². The number of carboxylic acids is 1. The van der Waals surface area contributed by atoms with Gasteiger partial charge in [0.1, 0.15) is 13.2 Å². The van der Waals surface area contributed by atoms with Gasteiger partial charge in [-0.1, -0.05) is 237 Å². The van der Waals surface area contributed by atoms with E-state index >= 15 is 0 Å². The van der Waals surface area contributed by atoms with Crippen molar-refractivity contribution in [2.24, 2.45) is 0 Å². The first-order chi connectivity index (χ1) is 32.6. The zero-order chi connectivity index (χ0) is 49.2. The summed E-state index contributed by atoms with van der Waals surface area (Å²) < 4.78 is 22.7. The second-order valence-electron chi connectivity index (χ2n) is 20.6. The van der Waals surface area contributed by atoms with E-state index in [1.165, 1.54) is 186 Å². The summed E-state index contributed by atoms with van der Waals surface area (Å²) in [7, 11) is 5.93. The van der Waals surface area contributed by atoms with Gasteiger partial charge in [-0.3, -0.25) is 9.59 Å². The third-order valence-corrected chi connectivity index (χ3v) is 12.7. The molecule has 0 aliphatic heterocycles. The van der Waals surface area contributed by atoms with Gasteiger partial charge >= 0.3 is 11.9 Å². The van der Waals surface area contributed by atoms with Crippen molar-refractivity contribution < 1.29 is 42.9 Å². The number of carboxylic acid groups (broad SMARTS) is 1. The number of aliphatic carboxylic acids is 1. The molecule has 0 N–H and O–H groups in total. The molecular formula is C58H109NO8. The van der Waals surface area contributed by atoms with Crippen LogP contribution in [0.3, 0.4) is 0 Å². The summed E-state index contributed by atoms with van der Waals surface area (Å²) >= 11 is 0. The fourth-order valence-electron chi connectivity index (χ4n) is 8.27. The minimum absolute atomic E-state index is 0.149. The molecule has 0 aliphatic rings. The van der Waals surface area contributed by atoms with Crippen molar-refractivity contribution in [1.29, 1.82) is 0 Å². The minimum Gasteiger partial charge on any atom is -0.545 e. The predicted octanol–water partition coefficient (Wildman–Crippen LogP) is 15.0. The van der Waals surface area contributed by atoms with Crippen LogP contribution < -0.4 is 5.11 Å². The molecule has 9 nitrogen and oxygen atoms in total. The lowest BCUT2D eigenvalue weighted by atomic mass is 10.0. The number of quaternary nitrogens is 1. The number of hydrogen-bond donors (Lipinski definition) is 0. The lowest BCUT2D eigenvalue weighted by Gasteiger charge is -2.26. The molecular weight excluding hydrogens is 839 g/mol. The number of likely N-dealkylation sites (N-methyl/N-ethyl adjacent to an activating group) is 1. The first-order valence-corrected chi connectivity index (χ1v) is 28.5. The Kier molecular flexibility index (Phi) is 48.5. The van der Waals surface area contributed by atoms with Crippen LogP contribution in [0.4, 0.5) is 0 Å². The van der Waals surface area contributed by atoms with Gasteiger partial charge in [-0.05, 0) is 44.9 Å². The molecule has 0 amide bonds. The molecule has 2 unspecified atom stereocenters. The zero-order valence-corrected chi connectivity index (χ0v) is 44.8. The molecule has 9 heteroatoms. The first kappa shape index (κ1) is 64.8. The van der Waals surface area contributed by atoms with Crippen LogP contribution in [-0.4, -0.2) is 82.3 Å². The van der Waals surface area contributed by atoms with Crippen molar-refractivity contribution >= 4 is 17.9 Å². The summed E-state index contributed by atoms with van der Waals surface area (Å²) in [5.74, 6) is -2.27. The lowest BCUT2D eigenvalue weighted by molar-refractivity contribution is -0.870. The number of allylic oxidation sites excluding steroid dienone is 4. The van der Waals surface area contributed by atoms with Crippen LogP contribution in [0, 0.1) is 0 Å². The summed E-state index contributed by atoms with van der Waals surface area (Å²) in [4.78, 5) is 37.2. The van der Waals surface area contributed by atoms with Gasteiger partial charge in [0, 0.05) is 12.8 Å². The number of carbonyl (C=O) groups excluding carboxylic acids is 3. The normalized spacial score (nSPS) is 12.9. The highest BCUT2D eigenvalue weighted by Gasteiger charge is 2.22. The number of ether oxygens (including phenoxy) is 4. The average Bonchev–Trinajstić information content (AvgIpc) is 3.29. The Morgan fingerprint density at radius 3 is 1.21 bits per heavy atom. The molecule has 0 aromatic heterocycles. The molecule has 394 valence electrons. The quantitative estimate of drug-likeness (QED) is 0.0195.